The molecule has 0 heterocycles. The molecular formula is C6H6Br4O. The minimum Gasteiger partial charge on any atom is -0.344 e. The van der Waals surface area contributed by atoms with Gasteiger partial charge < -0.3 is 4.74 Å². The summed E-state index contributed by atoms with van der Waals surface area (Å²) in [5.41, 5.74) is 0. The molecule has 0 aliphatic heterocycles. The second-order valence-electron chi connectivity index (χ2n) is 1.48. The molecular weight excluding hydrogens is 408 g/mol. The minimum absolute atomic E-state index is 0.0880. The summed E-state index contributed by atoms with van der Waals surface area (Å²) in [4.78, 5) is 3.48. The number of hydrogen-bond acceptors (Lipinski definition) is 1. The van der Waals surface area contributed by atoms with Crippen LogP contribution < -0.4 is 0 Å². The molecule has 0 amide bonds. The highest BCUT2D eigenvalue weighted by Crippen LogP contribution is 2.13. The molecule has 0 saturated heterocycles. The van der Waals surface area contributed by atoms with E-state index in [1.165, 1.54) is 0 Å². The summed E-state index contributed by atoms with van der Waals surface area (Å²) in [7, 11) is 0. The quantitative estimate of drug-likeness (QED) is 0.626. The van der Waals surface area contributed by atoms with Gasteiger partial charge in [-0.05, 0) is 22.1 Å². The molecule has 0 radical (unpaired) electrons. The van der Waals surface area contributed by atoms with E-state index >= 15 is 0 Å². The third kappa shape index (κ3) is 7.71. The summed E-state index contributed by atoms with van der Waals surface area (Å²) in [6.45, 7) is 0. The van der Waals surface area contributed by atoms with Crippen LogP contribution in [0.1, 0.15) is 0 Å². The maximum Gasteiger partial charge on any atom is 0.133 e. The van der Waals surface area contributed by atoms with Crippen LogP contribution in [-0.2, 0) is 4.74 Å². The van der Waals surface area contributed by atoms with Gasteiger partial charge in [-0.25, -0.2) is 0 Å². The summed E-state index contributed by atoms with van der Waals surface area (Å²) in [5.74, 6) is 0. The standard InChI is InChI=1S/C6H6Br4O/c7-3-1-5(9)11-6(10)2-4-8/h1-6H. The van der Waals surface area contributed by atoms with Crippen molar-refractivity contribution >= 4 is 63.7 Å². The molecule has 0 bridgehead atoms. The lowest BCUT2D eigenvalue weighted by molar-refractivity contribution is 0.155. The summed E-state index contributed by atoms with van der Waals surface area (Å²) >= 11 is 12.9. The Morgan fingerprint density at radius 1 is 0.909 bits per heavy atom. The van der Waals surface area contributed by atoms with Crippen LogP contribution in [0.3, 0.4) is 0 Å². The zero-order chi connectivity index (χ0) is 8.69. The average Bonchev–Trinajstić information content (AvgIpc) is 1.87. The van der Waals surface area contributed by atoms with E-state index in [0.29, 0.717) is 0 Å². The fraction of sp³-hybridized carbons (Fsp3) is 0.333. The van der Waals surface area contributed by atoms with E-state index < -0.39 is 0 Å². The van der Waals surface area contributed by atoms with Gasteiger partial charge in [-0.1, -0.05) is 63.7 Å². The van der Waals surface area contributed by atoms with Crippen LogP contribution in [0.15, 0.2) is 22.1 Å². The first-order valence-electron chi connectivity index (χ1n) is 2.68. The molecule has 0 aromatic heterocycles. The van der Waals surface area contributed by atoms with E-state index in [0.717, 1.165) is 0 Å². The van der Waals surface area contributed by atoms with Crippen molar-refractivity contribution < 1.29 is 4.74 Å². The molecule has 0 aliphatic rings. The van der Waals surface area contributed by atoms with E-state index in [-0.39, 0.29) is 10.0 Å². The van der Waals surface area contributed by atoms with Crippen molar-refractivity contribution in [3.63, 3.8) is 0 Å². The van der Waals surface area contributed by atoms with Gasteiger partial charge in [0.25, 0.3) is 0 Å². The number of hydrogen-bond donors (Lipinski definition) is 0. The fourth-order valence-corrected chi connectivity index (χ4v) is 2.76. The van der Waals surface area contributed by atoms with Gasteiger partial charge in [0.1, 0.15) is 10.0 Å². The second-order valence-corrected chi connectivity index (χ2v) is 4.34. The Morgan fingerprint density at radius 2 is 1.27 bits per heavy atom. The van der Waals surface area contributed by atoms with Crippen molar-refractivity contribution in [3.05, 3.63) is 22.1 Å². The van der Waals surface area contributed by atoms with Gasteiger partial charge in [-0.3, -0.25) is 0 Å². The molecule has 1 nitrogen and oxygen atoms in total. The van der Waals surface area contributed by atoms with Gasteiger partial charge in [-0.15, -0.1) is 0 Å². The third-order valence-electron chi connectivity index (χ3n) is 0.708. The lowest BCUT2D eigenvalue weighted by atomic mass is 10.6. The van der Waals surface area contributed by atoms with Gasteiger partial charge in [0.2, 0.25) is 0 Å². The first-order chi connectivity index (χ1) is 5.20. The van der Waals surface area contributed by atoms with Crippen LogP contribution >= 0.6 is 63.7 Å². The number of rotatable bonds is 4. The number of ether oxygens (including phenoxy) is 1. The highest BCUT2D eigenvalue weighted by Gasteiger charge is 2.03. The summed E-state index contributed by atoms with van der Waals surface area (Å²) in [6.07, 6.45) is 3.66. The van der Waals surface area contributed by atoms with Crippen molar-refractivity contribution in [1.29, 1.82) is 0 Å². The zero-order valence-corrected chi connectivity index (χ0v) is 11.7. The molecule has 0 N–H and O–H groups in total. The average molecular weight is 414 g/mol. The Morgan fingerprint density at radius 3 is 1.55 bits per heavy atom. The first-order valence-corrected chi connectivity index (χ1v) is 6.34. The van der Waals surface area contributed by atoms with Gasteiger partial charge >= 0.3 is 0 Å². The molecule has 11 heavy (non-hydrogen) atoms. The molecule has 64 valence electrons. The molecule has 0 fully saturated rings. The molecule has 0 saturated carbocycles. The van der Waals surface area contributed by atoms with E-state index in [2.05, 4.69) is 63.7 Å². The predicted molar refractivity (Wildman–Crippen MR) is 62.6 cm³/mol. The molecule has 2 atom stereocenters. The van der Waals surface area contributed by atoms with Gasteiger partial charge in [-0.2, -0.15) is 0 Å². The molecule has 0 aliphatic carbocycles. The summed E-state index contributed by atoms with van der Waals surface area (Å²) in [6, 6.07) is 0. The highest BCUT2D eigenvalue weighted by molar-refractivity contribution is 9.11. The maximum atomic E-state index is 5.33. The molecule has 0 aromatic carbocycles. The van der Waals surface area contributed by atoms with Crippen LogP contribution in [0.5, 0.6) is 0 Å². The lowest BCUT2D eigenvalue weighted by Crippen LogP contribution is -2.06. The largest absolute Gasteiger partial charge is 0.344 e. The summed E-state index contributed by atoms with van der Waals surface area (Å²) < 4.78 is 5.33. The van der Waals surface area contributed by atoms with Crippen molar-refractivity contribution in [2.45, 2.75) is 10.0 Å². The molecule has 2 unspecified atom stereocenters. The third-order valence-corrected chi connectivity index (χ3v) is 2.36. The van der Waals surface area contributed by atoms with Crippen LogP contribution in [0.25, 0.3) is 0 Å². The lowest BCUT2D eigenvalue weighted by Gasteiger charge is -2.08. The second kappa shape index (κ2) is 7.98. The Hall–Kier alpha value is 1.36. The van der Waals surface area contributed by atoms with Crippen molar-refractivity contribution in [3.8, 4) is 0 Å². The topological polar surface area (TPSA) is 9.23 Å². The number of alkyl halides is 2. The Bertz CT molecular complexity index is 130. The fourth-order valence-electron chi connectivity index (χ4n) is 0.329. The van der Waals surface area contributed by atoms with E-state index in [4.69, 9.17) is 4.74 Å². The number of halogens is 4. The van der Waals surface area contributed by atoms with Gasteiger partial charge in [0.05, 0.1) is 0 Å². The normalized spacial score (nSPS) is 17.8. The molecule has 5 heteroatoms. The van der Waals surface area contributed by atoms with E-state index in [9.17, 15) is 0 Å². The maximum absolute atomic E-state index is 5.33. The SMILES string of the molecule is BrC=CC(Br)OC(Br)C=CBr. The van der Waals surface area contributed by atoms with E-state index in [1.807, 2.05) is 12.2 Å². The van der Waals surface area contributed by atoms with Gasteiger partial charge in [0.15, 0.2) is 0 Å². The predicted octanol–water partition coefficient (Wildman–Crippen LogP) is 4.26. The summed E-state index contributed by atoms with van der Waals surface area (Å²) in [5, 5.41) is -0.176. The Kier molecular flexibility index (Phi) is 8.97. The monoisotopic (exact) mass is 410 g/mol. The van der Waals surface area contributed by atoms with Crippen LogP contribution in [-0.4, -0.2) is 10.0 Å². The Balaban J connectivity index is 3.65. The first kappa shape index (κ1) is 12.4. The molecule has 0 rings (SSSR count). The molecule has 0 aromatic rings. The highest BCUT2D eigenvalue weighted by atomic mass is 79.9. The smallest absolute Gasteiger partial charge is 0.133 e. The van der Waals surface area contributed by atoms with Crippen molar-refractivity contribution in [2.24, 2.45) is 0 Å². The van der Waals surface area contributed by atoms with Crippen molar-refractivity contribution in [1.82, 2.24) is 0 Å². The van der Waals surface area contributed by atoms with Crippen molar-refractivity contribution in [2.75, 3.05) is 0 Å². The van der Waals surface area contributed by atoms with Crippen LogP contribution in [0.4, 0.5) is 0 Å². The zero-order valence-electron chi connectivity index (χ0n) is 5.38. The van der Waals surface area contributed by atoms with Crippen LogP contribution in [0.2, 0.25) is 0 Å². The minimum atomic E-state index is -0.0880. The van der Waals surface area contributed by atoms with Gasteiger partial charge in [0, 0.05) is 0 Å². The van der Waals surface area contributed by atoms with E-state index in [1.54, 1.807) is 9.97 Å². The van der Waals surface area contributed by atoms with Crippen LogP contribution in [0, 0.1) is 0 Å². The molecule has 0 spiro atoms. The Labute approximate surface area is 99.8 Å².